The van der Waals surface area contributed by atoms with Crippen LogP contribution in [-0.2, 0) is 9.53 Å². The minimum absolute atomic E-state index is 0.274. The van der Waals surface area contributed by atoms with Crippen LogP contribution < -0.4 is 0 Å². The van der Waals surface area contributed by atoms with Gasteiger partial charge in [-0.3, -0.25) is 4.79 Å². The highest BCUT2D eigenvalue weighted by Gasteiger charge is 2.27. The summed E-state index contributed by atoms with van der Waals surface area (Å²) in [7, 11) is 0. The molecular weight excluding hydrogens is 188 g/mol. The highest BCUT2D eigenvalue weighted by Crippen LogP contribution is 2.35. The number of ether oxygens (including phenoxy) is 1. The van der Waals surface area contributed by atoms with Crippen LogP contribution in [0.2, 0.25) is 0 Å². The van der Waals surface area contributed by atoms with E-state index >= 15 is 0 Å². The maximum absolute atomic E-state index is 10.6. The molecule has 0 N–H and O–H groups in total. The molecule has 0 unspecified atom stereocenters. The van der Waals surface area contributed by atoms with E-state index in [1.165, 1.54) is 13.2 Å². The molecule has 0 radical (unpaired) electrons. The molecule has 2 aliphatic rings. The van der Waals surface area contributed by atoms with Gasteiger partial charge in [0.15, 0.2) is 0 Å². The second kappa shape index (κ2) is 4.30. The number of fused-ring (bicyclic) bond motifs is 1. The number of allylic oxidation sites excluding steroid dienone is 7. The van der Waals surface area contributed by atoms with E-state index in [2.05, 4.69) is 36.5 Å². The summed E-state index contributed by atoms with van der Waals surface area (Å²) in [5, 5.41) is 0. The van der Waals surface area contributed by atoms with Crippen molar-refractivity contribution in [3.63, 3.8) is 0 Å². The van der Waals surface area contributed by atoms with Gasteiger partial charge in [0.05, 0.1) is 6.26 Å². The van der Waals surface area contributed by atoms with E-state index < -0.39 is 0 Å². The molecule has 0 heterocycles. The number of carbonyl (C=O) groups is 1. The van der Waals surface area contributed by atoms with Crippen molar-refractivity contribution in [1.82, 2.24) is 0 Å². The summed E-state index contributed by atoms with van der Waals surface area (Å²) in [6.45, 7) is 1.40. The van der Waals surface area contributed by atoms with Crippen LogP contribution in [0.5, 0.6) is 0 Å². The first-order valence-corrected chi connectivity index (χ1v) is 5.14. The molecule has 2 aliphatic carbocycles. The zero-order valence-electron chi connectivity index (χ0n) is 8.67. The van der Waals surface area contributed by atoms with Crippen LogP contribution in [0.15, 0.2) is 48.8 Å². The quantitative estimate of drug-likeness (QED) is 0.391. The van der Waals surface area contributed by atoms with Crippen LogP contribution in [0, 0.1) is 17.8 Å². The molecule has 0 aliphatic heterocycles. The van der Waals surface area contributed by atoms with Crippen LogP contribution in [0.3, 0.4) is 0 Å². The zero-order valence-corrected chi connectivity index (χ0v) is 8.67. The molecule has 2 nitrogen and oxygen atoms in total. The molecule has 0 saturated carbocycles. The highest BCUT2D eigenvalue weighted by atomic mass is 16.5. The summed E-state index contributed by atoms with van der Waals surface area (Å²) in [6, 6.07) is 0. The van der Waals surface area contributed by atoms with Crippen LogP contribution in [-0.4, -0.2) is 5.97 Å². The second-order valence-electron chi connectivity index (χ2n) is 3.82. The average molecular weight is 202 g/mol. The summed E-state index contributed by atoms with van der Waals surface area (Å²) >= 11 is 0. The van der Waals surface area contributed by atoms with Crippen LogP contribution in [0.1, 0.15) is 6.92 Å². The molecule has 0 saturated heterocycles. The van der Waals surface area contributed by atoms with Gasteiger partial charge in [0.2, 0.25) is 0 Å². The molecule has 2 rings (SSSR count). The van der Waals surface area contributed by atoms with Crippen molar-refractivity contribution in [1.29, 1.82) is 0 Å². The largest absolute Gasteiger partial charge is 0.435 e. The van der Waals surface area contributed by atoms with Crippen LogP contribution in [0.25, 0.3) is 0 Å². The lowest BCUT2D eigenvalue weighted by Crippen LogP contribution is -2.12. The predicted octanol–water partition coefficient (Wildman–Crippen LogP) is 2.61. The summed E-state index contributed by atoms with van der Waals surface area (Å²) in [5.74, 6) is 1.06. The fourth-order valence-electron chi connectivity index (χ4n) is 2.02. The van der Waals surface area contributed by atoms with E-state index in [-0.39, 0.29) is 5.97 Å². The van der Waals surface area contributed by atoms with Gasteiger partial charge >= 0.3 is 5.97 Å². The summed E-state index contributed by atoms with van der Waals surface area (Å²) < 4.78 is 4.79. The maximum atomic E-state index is 10.6. The maximum Gasteiger partial charge on any atom is 0.307 e. The Balaban J connectivity index is 1.97. The van der Waals surface area contributed by atoms with Crippen LogP contribution in [0.4, 0.5) is 0 Å². The minimum atomic E-state index is -0.274. The number of hydrogen-bond acceptors (Lipinski definition) is 2. The van der Waals surface area contributed by atoms with Crippen molar-refractivity contribution in [2.75, 3.05) is 0 Å². The van der Waals surface area contributed by atoms with Gasteiger partial charge in [0.1, 0.15) is 0 Å². The lowest BCUT2D eigenvalue weighted by atomic mass is 9.85. The Labute approximate surface area is 89.6 Å². The minimum Gasteiger partial charge on any atom is -0.435 e. The summed E-state index contributed by atoms with van der Waals surface area (Å²) in [6.07, 6.45) is 16.3. The van der Waals surface area contributed by atoms with Crippen molar-refractivity contribution in [3.8, 4) is 0 Å². The SMILES string of the molecule is CC(=O)O/C=C/[C@@H]1C=C[C@H]2C=CC=C[C@H]21. The van der Waals surface area contributed by atoms with E-state index in [4.69, 9.17) is 4.74 Å². The lowest BCUT2D eigenvalue weighted by molar-refractivity contribution is -0.135. The highest BCUT2D eigenvalue weighted by molar-refractivity contribution is 5.66. The molecule has 78 valence electrons. The number of esters is 1. The van der Waals surface area contributed by atoms with Crippen molar-refractivity contribution >= 4 is 5.97 Å². The van der Waals surface area contributed by atoms with Crippen molar-refractivity contribution in [2.24, 2.45) is 17.8 Å². The van der Waals surface area contributed by atoms with Gasteiger partial charge in [-0.15, -0.1) is 0 Å². The van der Waals surface area contributed by atoms with Gasteiger partial charge in [-0.2, -0.15) is 0 Å². The molecule has 0 fully saturated rings. The summed E-state index contributed by atoms with van der Waals surface area (Å²) in [4.78, 5) is 10.6. The van der Waals surface area contributed by atoms with E-state index in [0.717, 1.165) is 0 Å². The van der Waals surface area contributed by atoms with E-state index in [9.17, 15) is 4.79 Å². The molecule has 3 atom stereocenters. The van der Waals surface area contributed by atoms with E-state index in [1.54, 1.807) is 0 Å². The van der Waals surface area contributed by atoms with E-state index in [0.29, 0.717) is 17.8 Å². The topological polar surface area (TPSA) is 26.3 Å². The molecule has 0 aromatic heterocycles. The Hall–Kier alpha value is -1.57. The number of carbonyl (C=O) groups excluding carboxylic acids is 1. The van der Waals surface area contributed by atoms with E-state index in [1.807, 2.05) is 6.08 Å². The zero-order chi connectivity index (χ0) is 10.7. The van der Waals surface area contributed by atoms with Crippen molar-refractivity contribution in [2.45, 2.75) is 6.92 Å². The Morgan fingerprint density at radius 2 is 2.00 bits per heavy atom. The molecule has 0 bridgehead atoms. The third-order valence-electron chi connectivity index (χ3n) is 2.76. The Morgan fingerprint density at radius 1 is 1.20 bits per heavy atom. The average Bonchev–Trinajstić information content (AvgIpc) is 2.62. The van der Waals surface area contributed by atoms with Gasteiger partial charge in [-0.1, -0.05) is 36.5 Å². The first kappa shape index (κ1) is 9.97. The smallest absolute Gasteiger partial charge is 0.307 e. The molecular formula is C13H14O2. The first-order chi connectivity index (χ1) is 7.27. The van der Waals surface area contributed by atoms with Crippen molar-refractivity contribution in [3.05, 3.63) is 48.8 Å². The molecule has 0 aromatic carbocycles. The number of hydrogen-bond donors (Lipinski definition) is 0. The summed E-state index contributed by atoms with van der Waals surface area (Å²) in [5.41, 5.74) is 0. The third kappa shape index (κ3) is 2.27. The third-order valence-corrected chi connectivity index (χ3v) is 2.76. The molecule has 0 amide bonds. The van der Waals surface area contributed by atoms with Gasteiger partial charge in [0, 0.05) is 18.8 Å². The normalized spacial score (nSPS) is 32.2. The standard InChI is InChI=1S/C13H14O2/c1-10(14)15-9-8-12-7-6-11-4-2-3-5-13(11)12/h2-9,11-13H,1H3/b9-8+/t11-,12+,13-/m1/s1. The predicted molar refractivity (Wildman–Crippen MR) is 58.8 cm³/mol. The molecule has 2 heteroatoms. The fourth-order valence-corrected chi connectivity index (χ4v) is 2.02. The first-order valence-electron chi connectivity index (χ1n) is 5.14. The van der Waals surface area contributed by atoms with Gasteiger partial charge in [0.25, 0.3) is 0 Å². The second-order valence-corrected chi connectivity index (χ2v) is 3.82. The van der Waals surface area contributed by atoms with Crippen LogP contribution >= 0.6 is 0 Å². The molecule has 15 heavy (non-hydrogen) atoms. The lowest BCUT2D eigenvalue weighted by Gasteiger charge is -2.19. The van der Waals surface area contributed by atoms with Gasteiger partial charge in [-0.05, 0) is 12.0 Å². The Kier molecular flexibility index (Phi) is 2.86. The van der Waals surface area contributed by atoms with Gasteiger partial charge < -0.3 is 4.74 Å². The van der Waals surface area contributed by atoms with Gasteiger partial charge in [-0.25, -0.2) is 0 Å². The monoisotopic (exact) mass is 202 g/mol. The molecule has 0 spiro atoms. The number of rotatable bonds is 2. The van der Waals surface area contributed by atoms with Crippen molar-refractivity contribution < 1.29 is 9.53 Å². The Morgan fingerprint density at radius 3 is 2.80 bits per heavy atom. The Bertz CT molecular complexity index is 361. The fraction of sp³-hybridized carbons (Fsp3) is 0.308. The molecule has 0 aromatic rings.